The Kier molecular flexibility index (Phi) is 4.37. The normalized spacial score (nSPS) is 24.3. The molecule has 0 aromatic heterocycles. The molecule has 1 aliphatic rings. The van der Waals surface area contributed by atoms with Crippen LogP contribution in [0, 0.1) is 6.92 Å². The Morgan fingerprint density at radius 2 is 1.83 bits per heavy atom. The largest absolute Gasteiger partial charge is 0.348 e. The molecule has 0 heterocycles. The summed E-state index contributed by atoms with van der Waals surface area (Å²) in [4.78, 5) is 12.1. The summed E-state index contributed by atoms with van der Waals surface area (Å²) in [6, 6.07) is 7.88. The van der Waals surface area contributed by atoms with Crippen molar-refractivity contribution in [1.29, 1.82) is 0 Å². The third-order valence-corrected chi connectivity index (χ3v) is 3.70. The fourth-order valence-electron chi connectivity index (χ4n) is 2.47. The van der Waals surface area contributed by atoms with E-state index in [9.17, 15) is 4.79 Å². The molecule has 1 aromatic rings. The van der Waals surface area contributed by atoms with Crippen molar-refractivity contribution in [2.45, 2.75) is 51.1 Å². The molecule has 0 saturated heterocycles. The van der Waals surface area contributed by atoms with E-state index in [1.165, 1.54) is 12.8 Å². The van der Waals surface area contributed by atoms with Gasteiger partial charge in [-0.2, -0.15) is 0 Å². The third kappa shape index (κ3) is 3.33. The summed E-state index contributed by atoms with van der Waals surface area (Å²) >= 11 is 0. The molecule has 0 radical (unpaired) electrons. The maximum absolute atomic E-state index is 12.1. The smallest absolute Gasteiger partial charge is 0.251 e. The van der Waals surface area contributed by atoms with E-state index < -0.39 is 0 Å². The SMILES string of the molecule is Cc1ccc(C(=O)NC2CCCCCC2N)cc1. The molecular formula is C15H22N2O. The number of nitrogens with one attached hydrogen (secondary N) is 1. The van der Waals surface area contributed by atoms with Crippen LogP contribution in [0.1, 0.15) is 48.0 Å². The minimum atomic E-state index is -0.00245. The number of rotatable bonds is 2. The highest BCUT2D eigenvalue weighted by atomic mass is 16.1. The second-order valence-electron chi connectivity index (χ2n) is 5.25. The van der Waals surface area contributed by atoms with Gasteiger partial charge in [0.25, 0.3) is 5.91 Å². The lowest BCUT2D eigenvalue weighted by Crippen LogP contribution is -2.46. The van der Waals surface area contributed by atoms with Crippen molar-refractivity contribution in [2.24, 2.45) is 5.73 Å². The molecule has 1 fully saturated rings. The molecule has 0 aliphatic heterocycles. The van der Waals surface area contributed by atoms with Crippen molar-refractivity contribution in [2.75, 3.05) is 0 Å². The van der Waals surface area contributed by atoms with Gasteiger partial charge in [0.2, 0.25) is 0 Å². The van der Waals surface area contributed by atoms with Crippen LogP contribution in [0.4, 0.5) is 0 Å². The van der Waals surface area contributed by atoms with Crippen LogP contribution in [0.25, 0.3) is 0 Å². The Morgan fingerprint density at radius 1 is 1.17 bits per heavy atom. The van der Waals surface area contributed by atoms with Crippen LogP contribution in [0.15, 0.2) is 24.3 Å². The molecule has 18 heavy (non-hydrogen) atoms. The first kappa shape index (κ1) is 13.1. The fraction of sp³-hybridized carbons (Fsp3) is 0.533. The quantitative estimate of drug-likeness (QED) is 0.787. The topological polar surface area (TPSA) is 55.1 Å². The van der Waals surface area contributed by atoms with Gasteiger partial charge in [-0.05, 0) is 31.9 Å². The molecule has 2 atom stereocenters. The van der Waals surface area contributed by atoms with Crippen LogP contribution in [-0.4, -0.2) is 18.0 Å². The number of amides is 1. The summed E-state index contributed by atoms with van der Waals surface area (Å²) in [5.41, 5.74) is 8.00. The number of nitrogens with two attached hydrogens (primary N) is 1. The van der Waals surface area contributed by atoms with Crippen LogP contribution >= 0.6 is 0 Å². The maximum atomic E-state index is 12.1. The molecule has 1 aromatic carbocycles. The predicted octanol–water partition coefficient (Wildman–Crippen LogP) is 2.38. The van der Waals surface area contributed by atoms with E-state index >= 15 is 0 Å². The van der Waals surface area contributed by atoms with Gasteiger partial charge in [0.15, 0.2) is 0 Å². The van der Waals surface area contributed by atoms with Gasteiger partial charge >= 0.3 is 0 Å². The Morgan fingerprint density at radius 3 is 2.56 bits per heavy atom. The summed E-state index contributed by atoms with van der Waals surface area (Å²) in [5.74, 6) is -0.00245. The first-order valence-electron chi connectivity index (χ1n) is 6.80. The van der Waals surface area contributed by atoms with E-state index in [4.69, 9.17) is 5.73 Å². The van der Waals surface area contributed by atoms with Crippen LogP contribution in [0.3, 0.4) is 0 Å². The molecule has 1 saturated carbocycles. The maximum Gasteiger partial charge on any atom is 0.251 e. The standard InChI is InChI=1S/C15H22N2O/c1-11-7-9-12(10-8-11)15(18)17-14-6-4-2-3-5-13(14)16/h7-10,13-14H,2-6,16H2,1H3,(H,17,18). The lowest BCUT2D eigenvalue weighted by atomic mass is 10.0. The molecule has 0 spiro atoms. The molecule has 0 bridgehead atoms. The molecule has 3 nitrogen and oxygen atoms in total. The minimum Gasteiger partial charge on any atom is -0.348 e. The Balaban J connectivity index is 1.99. The number of hydrogen-bond acceptors (Lipinski definition) is 2. The second-order valence-corrected chi connectivity index (χ2v) is 5.25. The highest BCUT2D eigenvalue weighted by molar-refractivity contribution is 5.94. The van der Waals surface area contributed by atoms with E-state index in [2.05, 4.69) is 5.32 Å². The number of hydrogen-bond donors (Lipinski definition) is 2. The number of carbonyl (C=O) groups excluding carboxylic acids is 1. The van der Waals surface area contributed by atoms with E-state index in [1.807, 2.05) is 31.2 Å². The summed E-state index contributed by atoms with van der Waals surface area (Å²) in [6.07, 6.45) is 5.58. The van der Waals surface area contributed by atoms with E-state index in [0.29, 0.717) is 0 Å². The van der Waals surface area contributed by atoms with Gasteiger partial charge in [0, 0.05) is 17.6 Å². The van der Waals surface area contributed by atoms with Gasteiger partial charge in [-0.3, -0.25) is 4.79 Å². The van der Waals surface area contributed by atoms with Crippen molar-refractivity contribution in [3.63, 3.8) is 0 Å². The highest BCUT2D eigenvalue weighted by Gasteiger charge is 2.22. The van der Waals surface area contributed by atoms with Crippen LogP contribution in [0.2, 0.25) is 0 Å². The summed E-state index contributed by atoms with van der Waals surface area (Å²) in [6.45, 7) is 2.02. The zero-order valence-corrected chi connectivity index (χ0v) is 11.0. The Hall–Kier alpha value is -1.35. The van der Waals surface area contributed by atoms with Crippen molar-refractivity contribution < 1.29 is 4.79 Å². The van der Waals surface area contributed by atoms with Gasteiger partial charge in [-0.15, -0.1) is 0 Å². The van der Waals surface area contributed by atoms with E-state index in [-0.39, 0.29) is 18.0 Å². The van der Waals surface area contributed by atoms with Crippen LogP contribution < -0.4 is 11.1 Å². The second kappa shape index (κ2) is 6.01. The van der Waals surface area contributed by atoms with E-state index in [1.54, 1.807) is 0 Å². The molecule has 1 aliphatic carbocycles. The first-order chi connectivity index (χ1) is 8.66. The minimum absolute atomic E-state index is 0.00245. The fourth-order valence-corrected chi connectivity index (χ4v) is 2.47. The third-order valence-electron chi connectivity index (χ3n) is 3.70. The van der Waals surface area contributed by atoms with Crippen LogP contribution in [0.5, 0.6) is 0 Å². The number of carbonyl (C=O) groups is 1. The van der Waals surface area contributed by atoms with Gasteiger partial charge < -0.3 is 11.1 Å². The first-order valence-corrected chi connectivity index (χ1v) is 6.80. The van der Waals surface area contributed by atoms with Crippen molar-refractivity contribution in [1.82, 2.24) is 5.32 Å². The average Bonchev–Trinajstić information content (AvgIpc) is 2.56. The average molecular weight is 246 g/mol. The lowest BCUT2D eigenvalue weighted by molar-refractivity contribution is 0.0929. The summed E-state index contributed by atoms with van der Waals surface area (Å²) in [7, 11) is 0. The summed E-state index contributed by atoms with van der Waals surface area (Å²) < 4.78 is 0. The lowest BCUT2D eigenvalue weighted by Gasteiger charge is -2.22. The van der Waals surface area contributed by atoms with Gasteiger partial charge in [0.05, 0.1) is 0 Å². The molecule has 2 rings (SSSR count). The monoisotopic (exact) mass is 246 g/mol. The van der Waals surface area contributed by atoms with Crippen molar-refractivity contribution in [3.8, 4) is 0 Å². The molecule has 3 heteroatoms. The Labute approximate surface area is 109 Å². The summed E-state index contributed by atoms with van der Waals surface area (Å²) in [5, 5.41) is 3.08. The molecule has 2 unspecified atom stereocenters. The van der Waals surface area contributed by atoms with Gasteiger partial charge in [0.1, 0.15) is 0 Å². The van der Waals surface area contributed by atoms with Crippen molar-refractivity contribution >= 4 is 5.91 Å². The van der Waals surface area contributed by atoms with E-state index in [0.717, 1.165) is 30.4 Å². The zero-order valence-electron chi connectivity index (χ0n) is 11.0. The van der Waals surface area contributed by atoms with Gasteiger partial charge in [-0.1, -0.05) is 37.0 Å². The molecular weight excluding hydrogens is 224 g/mol. The predicted molar refractivity (Wildman–Crippen MR) is 73.5 cm³/mol. The van der Waals surface area contributed by atoms with Gasteiger partial charge in [-0.25, -0.2) is 0 Å². The zero-order chi connectivity index (χ0) is 13.0. The number of aryl methyl sites for hydroxylation is 1. The van der Waals surface area contributed by atoms with Crippen LogP contribution in [-0.2, 0) is 0 Å². The molecule has 98 valence electrons. The Bertz CT molecular complexity index is 399. The molecule has 1 amide bonds. The number of benzene rings is 1. The molecule has 3 N–H and O–H groups in total. The van der Waals surface area contributed by atoms with Crippen molar-refractivity contribution in [3.05, 3.63) is 35.4 Å². The highest BCUT2D eigenvalue weighted by Crippen LogP contribution is 2.17.